The molecular weight excluding hydrogens is 332 g/mol. The fraction of sp³-hybridized carbons (Fsp3) is 0.143. The van der Waals surface area contributed by atoms with E-state index in [9.17, 15) is 4.79 Å². The van der Waals surface area contributed by atoms with Gasteiger partial charge in [-0.1, -0.05) is 43.6 Å². The van der Waals surface area contributed by atoms with Gasteiger partial charge in [0.2, 0.25) is 0 Å². The highest BCUT2D eigenvalue weighted by Gasteiger charge is 2.08. The van der Waals surface area contributed by atoms with Gasteiger partial charge < -0.3 is 5.32 Å². The third-order valence-electron chi connectivity index (χ3n) is 3.98. The van der Waals surface area contributed by atoms with Gasteiger partial charge in [0.25, 0.3) is 5.91 Å². The Bertz CT molecular complexity index is 871. The van der Waals surface area contributed by atoms with E-state index in [2.05, 4.69) is 36.3 Å². The van der Waals surface area contributed by atoms with Gasteiger partial charge in [0.1, 0.15) is 0 Å². The van der Waals surface area contributed by atoms with Crippen LogP contribution in [0.2, 0.25) is 5.02 Å². The van der Waals surface area contributed by atoms with Gasteiger partial charge in [0, 0.05) is 22.5 Å². The van der Waals surface area contributed by atoms with Crippen molar-refractivity contribution in [1.29, 1.82) is 0 Å². The number of nitrogens with one attached hydrogen (secondary N) is 1. The quantitative estimate of drug-likeness (QED) is 0.648. The van der Waals surface area contributed by atoms with Gasteiger partial charge >= 0.3 is 0 Å². The van der Waals surface area contributed by atoms with Gasteiger partial charge in [-0.15, -0.1) is 0 Å². The van der Waals surface area contributed by atoms with E-state index < -0.39 is 0 Å². The number of pyridine rings is 1. The molecule has 1 aromatic heterocycles. The Morgan fingerprint density at radius 2 is 1.80 bits per heavy atom. The van der Waals surface area contributed by atoms with Gasteiger partial charge in [0.15, 0.2) is 0 Å². The summed E-state index contributed by atoms with van der Waals surface area (Å²) in [5.41, 5.74) is 4.38. The molecule has 1 N–H and O–H groups in total. The minimum Gasteiger partial charge on any atom is -0.322 e. The molecule has 0 aliphatic rings. The summed E-state index contributed by atoms with van der Waals surface area (Å²) in [4.78, 5) is 16.8. The van der Waals surface area contributed by atoms with Crippen molar-refractivity contribution in [3.05, 3.63) is 83.0 Å². The zero-order valence-corrected chi connectivity index (χ0v) is 14.9. The molecule has 126 valence electrons. The molecule has 0 bridgehead atoms. The summed E-state index contributed by atoms with van der Waals surface area (Å²) in [5, 5.41) is 3.46. The number of hydrogen-bond donors (Lipinski definition) is 1. The van der Waals surface area contributed by atoms with Crippen LogP contribution in [0.25, 0.3) is 11.3 Å². The number of aromatic nitrogens is 1. The normalized spacial score (nSPS) is 10.7. The molecule has 0 saturated heterocycles. The zero-order chi connectivity index (χ0) is 17.8. The van der Waals surface area contributed by atoms with Crippen LogP contribution < -0.4 is 5.32 Å². The molecule has 0 atom stereocenters. The minimum absolute atomic E-state index is 0.197. The lowest BCUT2D eigenvalue weighted by atomic mass is 9.99. The largest absolute Gasteiger partial charge is 0.322 e. The number of nitrogens with zero attached hydrogens (tertiary/aromatic N) is 1. The number of carbonyl (C=O) groups excluding carboxylic acids is 1. The second-order valence-electron chi connectivity index (χ2n) is 6.17. The van der Waals surface area contributed by atoms with Crippen LogP contribution in [-0.2, 0) is 0 Å². The number of benzene rings is 2. The molecule has 0 unspecified atom stereocenters. The highest BCUT2D eigenvalue weighted by molar-refractivity contribution is 6.30. The van der Waals surface area contributed by atoms with E-state index >= 15 is 0 Å². The molecule has 0 fully saturated rings. The Kier molecular flexibility index (Phi) is 5.15. The van der Waals surface area contributed by atoms with Crippen LogP contribution in [0.4, 0.5) is 5.69 Å². The second-order valence-corrected chi connectivity index (χ2v) is 6.61. The van der Waals surface area contributed by atoms with E-state index in [0.717, 1.165) is 11.3 Å². The predicted molar refractivity (Wildman–Crippen MR) is 103 cm³/mol. The topological polar surface area (TPSA) is 42.0 Å². The van der Waals surface area contributed by atoms with Crippen LogP contribution in [-0.4, -0.2) is 10.9 Å². The number of halogens is 1. The SMILES string of the molecule is CC(C)c1cccc(-c2ccc(C(=O)Nc3ccc(Cl)cc3)cn2)c1. The molecule has 3 nitrogen and oxygen atoms in total. The maximum atomic E-state index is 12.3. The van der Waals surface area contributed by atoms with Crippen molar-refractivity contribution in [2.24, 2.45) is 0 Å². The molecule has 1 amide bonds. The summed E-state index contributed by atoms with van der Waals surface area (Å²) in [6.07, 6.45) is 1.60. The average molecular weight is 351 g/mol. The fourth-order valence-corrected chi connectivity index (χ4v) is 2.62. The summed E-state index contributed by atoms with van der Waals surface area (Å²) in [5.74, 6) is 0.265. The molecule has 2 aromatic carbocycles. The molecule has 4 heteroatoms. The molecule has 3 aromatic rings. The number of carbonyl (C=O) groups is 1. The summed E-state index contributed by atoms with van der Waals surface area (Å²) < 4.78 is 0. The maximum Gasteiger partial charge on any atom is 0.257 e. The lowest BCUT2D eigenvalue weighted by molar-refractivity contribution is 0.102. The number of hydrogen-bond acceptors (Lipinski definition) is 2. The third kappa shape index (κ3) is 4.25. The van der Waals surface area contributed by atoms with Gasteiger partial charge in [0.05, 0.1) is 11.3 Å². The fourth-order valence-electron chi connectivity index (χ4n) is 2.49. The van der Waals surface area contributed by atoms with Crippen molar-refractivity contribution in [1.82, 2.24) is 4.98 Å². The Hall–Kier alpha value is -2.65. The van der Waals surface area contributed by atoms with Crippen molar-refractivity contribution < 1.29 is 4.79 Å². The Morgan fingerprint density at radius 1 is 1.04 bits per heavy atom. The molecule has 1 heterocycles. The van der Waals surface area contributed by atoms with Gasteiger partial charge in [-0.05, 0) is 53.9 Å². The number of amides is 1. The molecule has 25 heavy (non-hydrogen) atoms. The van der Waals surface area contributed by atoms with Gasteiger partial charge in [-0.3, -0.25) is 9.78 Å². The number of anilines is 1. The Labute approximate surface area is 152 Å². The maximum absolute atomic E-state index is 12.3. The molecule has 0 saturated carbocycles. The molecule has 0 aliphatic carbocycles. The van der Waals surface area contributed by atoms with E-state index in [1.807, 2.05) is 18.2 Å². The van der Waals surface area contributed by atoms with E-state index in [1.165, 1.54) is 5.56 Å². The first kappa shape index (κ1) is 17.2. The molecule has 0 aliphatic heterocycles. The standard InChI is InChI=1S/C21H19ClN2O/c1-14(2)15-4-3-5-16(12-15)20-11-6-17(13-23-20)21(25)24-19-9-7-18(22)8-10-19/h3-14H,1-2H3,(H,24,25). The number of rotatable bonds is 4. The first-order valence-electron chi connectivity index (χ1n) is 8.16. The van der Waals surface area contributed by atoms with Crippen LogP contribution in [0.1, 0.15) is 35.7 Å². The third-order valence-corrected chi connectivity index (χ3v) is 4.23. The lowest BCUT2D eigenvalue weighted by Crippen LogP contribution is -2.12. The smallest absolute Gasteiger partial charge is 0.257 e. The monoisotopic (exact) mass is 350 g/mol. The van der Waals surface area contributed by atoms with E-state index in [-0.39, 0.29) is 5.91 Å². The van der Waals surface area contributed by atoms with Crippen LogP contribution in [0.15, 0.2) is 66.9 Å². The van der Waals surface area contributed by atoms with Crippen LogP contribution in [0.5, 0.6) is 0 Å². The van der Waals surface area contributed by atoms with Crippen molar-refractivity contribution in [3.8, 4) is 11.3 Å². The molecule has 3 rings (SSSR count). The first-order chi connectivity index (χ1) is 12.0. The Morgan fingerprint density at radius 3 is 2.44 bits per heavy atom. The Balaban J connectivity index is 1.76. The van der Waals surface area contributed by atoms with Crippen molar-refractivity contribution in [2.75, 3.05) is 5.32 Å². The minimum atomic E-state index is -0.197. The zero-order valence-electron chi connectivity index (χ0n) is 14.2. The average Bonchev–Trinajstić information content (AvgIpc) is 2.64. The summed E-state index contributed by atoms with van der Waals surface area (Å²) >= 11 is 5.85. The summed E-state index contributed by atoms with van der Waals surface area (Å²) in [7, 11) is 0. The summed E-state index contributed by atoms with van der Waals surface area (Å²) in [6, 6.07) is 19.0. The van der Waals surface area contributed by atoms with Crippen LogP contribution >= 0.6 is 11.6 Å². The highest BCUT2D eigenvalue weighted by atomic mass is 35.5. The van der Waals surface area contributed by atoms with Crippen LogP contribution in [0, 0.1) is 0 Å². The van der Waals surface area contributed by atoms with E-state index in [0.29, 0.717) is 22.2 Å². The van der Waals surface area contributed by atoms with Crippen molar-refractivity contribution >= 4 is 23.2 Å². The van der Waals surface area contributed by atoms with Crippen LogP contribution in [0.3, 0.4) is 0 Å². The van der Waals surface area contributed by atoms with E-state index in [1.54, 1.807) is 36.5 Å². The highest BCUT2D eigenvalue weighted by Crippen LogP contribution is 2.23. The molecular formula is C21H19ClN2O. The predicted octanol–water partition coefficient (Wildman–Crippen LogP) is 5.78. The van der Waals surface area contributed by atoms with E-state index in [4.69, 9.17) is 11.6 Å². The van der Waals surface area contributed by atoms with Crippen molar-refractivity contribution in [2.45, 2.75) is 19.8 Å². The molecule has 0 spiro atoms. The first-order valence-corrected chi connectivity index (χ1v) is 8.54. The van der Waals surface area contributed by atoms with Gasteiger partial charge in [-0.25, -0.2) is 0 Å². The molecule has 0 radical (unpaired) electrons. The van der Waals surface area contributed by atoms with Gasteiger partial charge in [-0.2, -0.15) is 0 Å². The summed E-state index contributed by atoms with van der Waals surface area (Å²) in [6.45, 7) is 4.33. The van der Waals surface area contributed by atoms with Crippen molar-refractivity contribution in [3.63, 3.8) is 0 Å². The second kappa shape index (κ2) is 7.49. The lowest BCUT2D eigenvalue weighted by Gasteiger charge is -2.09.